The summed E-state index contributed by atoms with van der Waals surface area (Å²) < 4.78 is 37.5. The summed E-state index contributed by atoms with van der Waals surface area (Å²) >= 11 is 1.38. The number of rotatable bonds is 2. The van der Waals surface area contributed by atoms with Crippen LogP contribution in [0.1, 0.15) is 16.1 Å². The fourth-order valence-corrected chi connectivity index (χ4v) is 6.40. The fourth-order valence-electron chi connectivity index (χ4n) is 3.63. The first-order valence-electron chi connectivity index (χ1n) is 8.34. The Bertz CT molecular complexity index is 917. The van der Waals surface area contributed by atoms with Gasteiger partial charge in [0.15, 0.2) is 9.84 Å². The number of halogens is 1. The van der Waals surface area contributed by atoms with Gasteiger partial charge in [-0.3, -0.25) is 9.69 Å². The molecule has 1 amide bonds. The van der Waals surface area contributed by atoms with E-state index in [9.17, 15) is 17.6 Å². The lowest BCUT2D eigenvalue weighted by molar-refractivity contribution is 0.0592. The molecule has 134 valence electrons. The van der Waals surface area contributed by atoms with Crippen molar-refractivity contribution in [1.82, 2.24) is 9.80 Å². The number of carbonyl (C=O) groups excluding carboxylic acids is 1. The lowest BCUT2D eigenvalue weighted by Gasteiger charge is -2.37. The molecule has 1 atom stereocenters. The number of piperazine rings is 1. The highest BCUT2D eigenvalue weighted by Crippen LogP contribution is 2.28. The molecule has 4 rings (SSSR count). The van der Waals surface area contributed by atoms with E-state index in [-0.39, 0.29) is 29.3 Å². The molecule has 1 aromatic carbocycles. The molecule has 25 heavy (non-hydrogen) atoms. The van der Waals surface area contributed by atoms with Gasteiger partial charge in [-0.1, -0.05) is 0 Å². The minimum absolute atomic E-state index is 0.0275. The summed E-state index contributed by atoms with van der Waals surface area (Å²) in [5.74, 6) is 0.183. The zero-order chi connectivity index (χ0) is 17.6. The Kier molecular flexibility index (Phi) is 4.29. The van der Waals surface area contributed by atoms with Crippen LogP contribution < -0.4 is 0 Å². The maximum Gasteiger partial charge on any atom is 0.264 e. The highest BCUT2D eigenvalue weighted by molar-refractivity contribution is 7.91. The van der Waals surface area contributed by atoms with Gasteiger partial charge in [-0.25, -0.2) is 12.8 Å². The number of sulfone groups is 1. The Labute approximate surface area is 149 Å². The summed E-state index contributed by atoms with van der Waals surface area (Å²) in [6.45, 7) is 2.59. The van der Waals surface area contributed by atoms with Crippen LogP contribution in [0, 0.1) is 5.82 Å². The maximum atomic E-state index is 13.3. The second-order valence-electron chi connectivity index (χ2n) is 6.68. The molecule has 1 aromatic heterocycles. The third kappa shape index (κ3) is 3.43. The topological polar surface area (TPSA) is 57.7 Å². The van der Waals surface area contributed by atoms with E-state index in [1.54, 1.807) is 17.0 Å². The first-order chi connectivity index (χ1) is 11.9. The molecule has 3 heterocycles. The van der Waals surface area contributed by atoms with Crippen LogP contribution in [0.2, 0.25) is 0 Å². The molecule has 0 saturated carbocycles. The SMILES string of the molecule is O=C(c1cc2cc(F)ccc2s1)N1CCN([C@@H]2CCS(=O)(=O)C2)CC1. The second-order valence-corrected chi connectivity index (χ2v) is 9.99. The largest absolute Gasteiger partial charge is 0.335 e. The van der Waals surface area contributed by atoms with Gasteiger partial charge >= 0.3 is 0 Å². The van der Waals surface area contributed by atoms with Gasteiger partial charge in [-0.15, -0.1) is 11.3 Å². The molecule has 5 nitrogen and oxygen atoms in total. The Morgan fingerprint density at radius 1 is 1.16 bits per heavy atom. The van der Waals surface area contributed by atoms with E-state index >= 15 is 0 Å². The van der Waals surface area contributed by atoms with E-state index in [1.807, 2.05) is 0 Å². The van der Waals surface area contributed by atoms with Crippen molar-refractivity contribution in [1.29, 1.82) is 0 Å². The van der Waals surface area contributed by atoms with Gasteiger partial charge in [0, 0.05) is 36.9 Å². The number of hydrogen-bond donors (Lipinski definition) is 0. The van der Waals surface area contributed by atoms with Gasteiger partial charge in [0.05, 0.1) is 16.4 Å². The van der Waals surface area contributed by atoms with Crippen LogP contribution in [-0.4, -0.2) is 67.9 Å². The third-order valence-electron chi connectivity index (χ3n) is 5.02. The molecular formula is C17H19FN2O3S2. The highest BCUT2D eigenvalue weighted by Gasteiger charge is 2.34. The lowest BCUT2D eigenvalue weighted by atomic mass is 10.2. The van der Waals surface area contributed by atoms with Gasteiger partial charge in [0.2, 0.25) is 0 Å². The van der Waals surface area contributed by atoms with Crippen molar-refractivity contribution in [2.24, 2.45) is 0 Å². The summed E-state index contributed by atoms with van der Waals surface area (Å²) in [7, 11) is -2.89. The Morgan fingerprint density at radius 2 is 1.92 bits per heavy atom. The molecule has 2 fully saturated rings. The van der Waals surface area contributed by atoms with Crippen LogP contribution >= 0.6 is 11.3 Å². The van der Waals surface area contributed by atoms with Crippen LogP contribution in [0.15, 0.2) is 24.3 Å². The van der Waals surface area contributed by atoms with E-state index in [4.69, 9.17) is 0 Å². The molecule has 0 aliphatic carbocycles. The molecule has 0 spiro atoms. The molecule has 8 heteroatoms. The normalized spacial score (nSPS) is 24.0. The fraction of sp³-hybridized carbons (Fsp3) is 0.471. The van der Waals surface area contributed by atoms with Crippen LogP contribution in [0.3, 0.4) is 0 Å². The van der Waals surface area contributed by atoms with E-state index < -0.39 is 9.84 Å². The summed E-state index contributed by atoms with van der Waals surface area (Å²) in [6.07, 6.45) is 0.693. The van der Waals surface area contributed by atoms with Crippen LogP contribution in [0.25, 0.3) is 10.1 Å². The van der Waals surface area contributed by atoms with Crippen molar-refractivity contribution >= 4 is 37.2 Å². The Morgan fingerprint density at radius 3 is 2.60 bits per heavy atom. The summed E-state index contributed by atoms with van der Waals surface area (Å²) in [5.41, 5.74) is 0. The smallest absolute Gasteiger partial charge is 0.264 e. The second kappa shape index (κ2) is 6.34. The molecule has 2 aliphatic rings. The quantitative estimate of drug-likeness (QED) is 0.797. The third-order valence-corrected chi connectivity index (χ3v) is 7.87. The Balaban J connectivity index is 1.42. The zero-order valence-corrected chi connectivity index (χ0v) is 15.3. The van der Waals surface area contributed by atoms with Gasteiger partial charge in [0.1, 0.15) is 5.82 Å². The van der Waals surface area contributed by atoms with E-state index in [2.05, 4.69) is 4.90 Å². The number of nitrogens with zero attached hydrogens (tertiary/aromatic N) is 2. The van der Waals surface area contributed by atoms with Crippen molar-refractivity contribution < 1.29 is 17.6 Å². The first-order valence-corrected chi connectivity index (χ1v) is 11.0. The molecule has 0 N–H and O–H groups in total. The van der Waals surface area contributed by atoms with E-state index in [1.165, 1.54) is 23.5 Å². The molecule has 2 aromatic rings. The molecule has 0 bridgehead atoms. The van der Waals surface area contributed by atoms with Crippen molar-refractivity contribution in [3.8, 4) is 0 Å². The van der Waals surface area contributed by atoms with Crippen molar-refractivity contribution in [2.45, 2.75) is 12.5 Å². The molecule has 0 unspecified atom stereocenters. The number of thiophene rings is 1. The standard InChI is InChI=1S/C17H19FN2O3S2/c18-13-1-2-15-12(9-13)10-16(24-15)17(21)20-6-4-19(5-7-20)14-3-8-25(22,23)11-14/h1-2,9-10,14H,3-8,11H2/t14-/m1/s1. The summed E-state index contributed by atoms with van der Waals surface area (Å²) in [6, 6.07) is 6.39. The van der Waals surface area contributed by atoms with Crippen molar-refractivity contribution in [3.05, 3.63) is 35.0 Å². The zero-order valence-electron chi connectivity index (χ0n) is 13.7. The average molecular weight is 382 g/mol. The first kappa shape index (κ1) is 16.9. The number of amides is 1. The average Bonchev–Trinajstić information content (AvgIpc) is 3.17. The molecule has 0 radical (unpaired) electrons. The predicted octanol–water partition coefficient (Wildman–Crippen LogP) is 1.99. The number of fused-ring (bicyclic) bond motifs is 1. The van der Waals surface area contributed by atoms with Gasteiger partial charge in [0.25, 0.3) is 5.91 Å². The van der Waals surface area contributed by atoms with Gasteiger partial charge in [-0.2, -0.15) is 0 Å². The highest BCUT2D eigenvalue weighted by atomic mass is 32.2. The lowest BCUT2D eigenvalue weighted by Crippen LogP contribution is -2.52. The molecule has 2 saturated heterocycles. The minimum atomic E-state index is -2.89. The van der Waals surface area contributed by atoms with Crippen LogP contribution in [0.4, 0.5) is 4.39 Å². The number of carbonyl (C=O) groups is 1. The van der Waals surface area contributed by atoms with Crippen LogP contribution in [-0.2, 0) is 9.84 Å². The van der Waals surface area contributed by atoms with Gasteiger partial charge in [-0.05, 0) is 36.1 Å². The maximum absolute atomic E-state index is 13.3. The Hall–Kier alpha value is -1.51. The molecule has 2 aliphatic heterocycles. The van der Waals surface area contributed by atoms with Gasteiger partial charge < -0.3 is 4.90 Å². The van der Waals surface area contributed by atoms with E-state index in [0.717, 1.165) is 10.1 Å². The number of hydrogen-bond acceptors (Lipinski definition) is 5. The van der Waals surface area contributed by atoms with Crippen molar-refractivity contribution in [3.63, 3.8) is 0 Å². The minimum Gasteiger partial charge on any atom is -0.335 e. The summed E-state index contributed by atoms with van der Waals surface area (Å²) in [5, 5.41) is 0.753. The monoisotopic (exact) mass is 382 g/mol. The van der Waals surface area contributed by atoms with Crippen molar-refractivity contribution in [2.75, 3.05) is 37.7 Å². The van der Waals surface area contributed by atoms with Crippen LogP contribution in [0.5, 0.6) is 0 Å². The number of benzene rings is 1. The summed E-state index contributed by atoms with van der Waals surface area (Å²) in [4.78, 5) is 17.3. The molecular weight excluding hydrogens is 363 g/mol. The van der Waals surface area contributed by atoms with E-state index in [0.29, 0.717) is 37.5 Å². The predicted molar refractivity (Wildman–Crippen MR) is 96.3 cm³/mol.